The molecule has 7 nitrogen and oxygen atoms in total. The zero-order valence-electron chi connectivity index (χ0n) is 19.1. The van der Waals surface area contributed by atoms with Crippen molar-refractivity contribution in [1.29, 1.82) is 0 Å². The summed E-state index contributed by atoms with van der Waals surface area (Å²) in [6.45, 7) is 1.46. The second-order valence-corrected chi connectivity index (χ2v) is 8.96. The van der Waals surface area contributed by atoms with Crippen molar-refractivity contribution in [2.24, 2.45) is 0 Å². The molecule has 2 atom stereocenters. The van der Waals surface area contributed by atoms with Gasteiger partial charge < -0.3 is 9.64 Å². The minimum absolute atomic E-state index is 0.00207. The average molecular weight is 450 g/mol. The lowest BCUT2D eigenvalue weighted by Crippen LogP contribution is -2.48. The Labute approximate surface area is 194 Å². The summed E-state index contributed by atoms with van der Waals surface area (Å²) in [5, 5.41) is 0. The SMILES string of the molecule is COCC[C@H]1CCCCN1C(=O)C[C@]1(c2ccccc2)CC(=O)N(Cc2ccncc2)C1=O. The van der Waals surface area contributed by atoms with Crippen molar-refractivity contribution in [3.63, 3.8) is 0 Å². The maximum Gasteiger partial charge on any atom is 0.241 e. The number of likely N-dealkylation sites (tertiary alicyclic amines) is 2. The summed E-state index contributed by atoms with van der Waals surface area (Å²) in [7, 11) is 1.67. The van der Waals surface area contributed by atoms with Gasteiger partial charge in [0.2, 0.25) is 17.7 Å². The number of rotatable bonds is 8. The predicted molar refractivity (Wildman–Crippen MR) is 123 cm³/mol. The Balaban J connectivity index is 1.62. The van der Waals surface area contributed by atoms with E-state index in [0.717, 1.165) is 36.8 Å². The number of hydrogen-bond donors (Lipinski definition) is 0. The summed E-state index contributed by atoms with van der Waals surface area (Å²) in [5.41, 5.74) is 0.378. The van der Waals surface area contributed by atoms with E-state index < -0.39 is 5.41 Å². The summed E-state index contributed by atoms with van der Waals surface area (Å²) >= 11 is 0. The van der Waals surface area contributed by atoms with Gasteiger partial charge in [-0.2, -0.15) is 0 Å². The van der Waals surface area contributed by atoms with Crippen LogP contribution in [0.2, 0.25) is 0 Å². The Bertz CT molecular complexity index is 982. The largest absolute Gasteiger partial charge is 0.385 e. The molecule has 3 amide bonds. The van der Waals surface area contributed by atoms with Crippen LogP contribution in [-0.4, -0.2) is 58.8 Å². The topological polar surface area (TPSA) is 79.8 Å². The first-order valence-electron chi connectivity index (χ1n) is 11.6. The number of pyridine rings is 1. The zero-order valence-corrected chi connectivity index (χ0v) is 19.1. The van der Waals surface area contributed by atoms with Crippen molar-refractivity contribution in [2.75, 3.05) is 20.3 Å². The molecule has 1 aromatic heterocycles. The lowest BCUT2D eigenvalue weighted by atomic mass is 9.75. The van der Waals surface area contributed by atoms with E-state index in [2.05, 4.69) is 4.98 Å². The van der Waals surface area contributed by atoms with Gasteiger partial charge in [0.15, 0.2) is 0 Å². The smallest absolute Gasteiger partial charge is 0.241 e. The highest BCUT2D eigenvalue weighted by molar-refractivity contribution is 6.10. The van der Waals surface area contributed by atoms with Gasteiger partial charge in [-0.1, -0.05) is 30.3 Å². The van der Waals surface area contributed by atoms with E-state index in [9.17, 15) is 14.4 Å². The second-order valence-electron chi connectivity index (χ2n) is 8.96. The molecule has 0 aliphatic carbocycles. The molecule has 2 saturated heterocycles. The Morgan fingerprint density at radius 1 is 1.12 bits per heavy atom. The number of aromatic nitrogens is 1. The monoisotopic (exact) mass is 449 g/mol. The molecule has 0 radical (unpaired) electrons. The van der Waals surface area contributed by atoms with Crippen molar-refractivity contribution < 1.29 is 19.1 Å². The van der Waals surface area contributed by atoms with Crippen LogP contribution in [0.4, 0.5) is 0 Å². The van der Waals surface area contributed by atoms with E-state index in [1.807, 2.05) is 35.2 Å². The highest BCUT2D eigenvalue weighted by atomic mass is 16.5. The van der Waals surface area contributed by atoms with Crippen LogP contribution in [0, 0.1) is 0 Å². The number of benzene rings is 1. The van der Waals surface area contributed by atoms with E-state index in [4.69, 9.17) is 4.74 Å². The highest BCUT2D eigenvalue weighted by Gasteiger charge is 2.54. The molecule has 0 bridgehead atoms. The van der Waals surface area contributed by atoms with Crippen LogP contribution in [-0.2, 0) is 31.1 Å². The van der Waals surface area contributed by atoms with Gasteiger partial charge in [-0.3, -0.25) is 24.3 Å². The molecule has 0 unspecified atom stereocenters. The third-order valence-corrected chi connectivity index (χ3v) is 6.88. The second kappa shape index (κ2) is 10.3. The summed E-state index contributed by atoms with van der Waals surface area (Å²) in [6, 6.07) is 13.0. The molecular formula is C26H31N3O4. The maximum absolute atomic E-state index is 13.8. The number of hydrogen-bond acceptors (Lipinski definition) is 5. The molecule has 7 heteroatoms. The Hall–Kier alpha value is -3.06. The van der Waals surface area contributed by atoms with Crippen molar-refractivity contribution in [2.45, 2.75) is 56.5 Å². The van der Waals surface area contributed by atoms with Gasteiger partial charge in [0, 0.05) is 51.5 Å². The number of nitrogens with zero attached hydrogens (tertiary/aromatic N) is 3. The van der Waals surface area contributed by atoms with Crippen LogP contribution in [0.25, 0.3) is 0 Å². The van der Waals surface area contributed by atoms with Gasteiger partial charge in [-0.25, -0.2) is 0 Å². The van der Waals surface area contributed by atoms with Gasteiger partial charge in [0.1, 0.15) is 0 Å². The fourth-order valence-electron chi connectivity index (χ4n) is 5.10. The minimum atomic E-state index is -1.17. The standard InChI is InChI=1S/C26H31N3O4/c1-33-16-12-22-9-5-6-15-28(22)23(30)17-26(21-7-3-2-4-8-21)18-24(31)29(25(26)32)19-20-10-13-27-14-11-20/h2-4,7-8,10-11,13-14,22H,5-6,9,12,15-19H2,1H3/t22-,26-/m1/s1. The van der Waals surface area contributed by atoms with Crippen LogP contribution in [0.1, 0.15) is 49.7 Å². The van der Waals surface area contributed by atoms with Crippen LogP contribution in [0.3, 0.4) is 0 Å². The highest BCUT2D eigenvalue weighted by Crippen LogP contribution is 2.41. The summed E-state index contributed by atoms with van der Waals surface area (Å²) in [6.07, 6.45) is 7.04. The fourth-order valence-corrected chi connectivity index (χ4v) is 5.10. The third-order valence-electron chi connectivity index (χ3n) is 6.88. The van der Waals surface area contributed by atoms with E-state index in [1.54, 1.807) is 31.6 Å². The lowest BCUT2D eigenvalue weighted by Gasteiger charge is -2.38. The first-order chi connectivity index (χ1) is 16.0. The number of imide groups is 1. The predicted octanol–water partition coefficient (Wildman–Crippen LogP) is 3.09. The van der Waals surface area contributed by atoms with Crippen molar-refractivity contribution in [3.8, 4) is 0 Å². The van der Waals surface area contributed by atoms with Crippen LogP contribution >= 0.6 is 0 Å². The van der Waals surface area contributed by atoms with Crippen LogP contribution in [0.15, 0.2) is 54.9 Å². The molecule has 2 aromatic rings. The number of carbonyl (C=O) groups is 3. The normalized spacial score (nSPS) is 23.2. The third kappa shape index (κ3) is 4.83. The van der Waals surface area contributed by atoms with Crippen LogP contribution < -0.4 is 0 Å². The van der Waals surface area contributed by atoms with E-state index in [-0.39, 0.29) is 43.1 Å². The number of ether oxygens (including phenoxy) is 1. The Kier molecular flexibility index (Phi) is 7.18. The number of amides is 3. The van der Waals surface area contributed by atoms with E-state index >= 15 is 0 Å². The summed E-state index contributed by atoms with van der Waals surface area (Å²) in [5.74, 6) is -0.607. The quantitative estimate of drug-likeness (QED) is 0.579. The maximum atomic E-state index is 13.8. The van der Waals surface area contributed by atoms with Gasteiger partial charge in [0.05, 0.1) is 12.0 Å². The molecule has 0 N–H and O–H groups in total. The van der Waals surface area contributed by atoms with Gasteiger partial charge in [-0.05, 0) is 48.9 Å². The molecule has 0 spiro atoms. The molecule has 33 heavy (non-hydrogen) atoms. The molecule has 2 aliphatic heterocycles. The first-order valence-corrected chi connectivity index (χ1v) is 11.6. The number of methoxy groups -OCH3 is 1. The Morgan fingerprint density at radius 3 is 2.61 bits per heavy atom. The molecule has 2 fully saturated rings. The number of carbonyl (C=O) groups excluding carboxylic acids is 3. The molecule has 1 aromatic carbocycles. The van der Waals surface area contributed by atoms with E-state index in [1.165, 1.54) is 4.90 Å². The van der Waals surface area contributed by atoms with Gasteiger partial charge in [0.25, 0.3) is 0 Å². The minimum Gasteiger partial charge on any atom is -0.385 e. The summed E-state index contributed by atoms with van der Waals surface area (Å²) < 4.78 is 5.25. The molecule has 0 saturated carbocycles. The zero-order chi connectivity index (χ0) is 23.3. The van der Waals surface area contributed by atoms with Crippen molar-refractivity contribution in [3.05, 3.63) is 66.0 Å². The lowest BCUT2D eigenvalue weighted by molar-refractivity contribution is -0.144. The first kappa shape index (κ1) is 23.1. The van der Waals surface area contributed by atoms with Crippen molar-refractivity contribution >= 4 is 17.7 Å². The fraction of sp³-hybridized carbons (Fsp3) is 0.462. The van der Waals surface area contributed by atoms with Gasteiger partial charge >= 0.3 is 0 Å². The Morgan fingerprint density at radius 2 is 1.88 bits per heavy atom. The van der Waals surface area contributed by atoms with E-state index in [0.29, 0.717) is 13.2 Å². The van der Waals surface area contributed by atoms with Gasteiger partial charge in [-0.15, -0.1) is 0 Å². The number of piperidine rings is 1. The average Bonchev–Trinajstić information content (AvgIpc) is 3.09. The molecule has 2 aliphatic rings. The van der Waals surface area contributed by atoms with Crippen molar-refractivity contribution in [1.82, 2.24) is 14.8 Å². The summed E-state index contributed by atoms with van der Waals surface area (Å²) in [4.78, 5) is 47.7. The molecular weight excluding hydrogens is 418 g/mol. The molecule has 4 rings (SSSR count). The van der Waals surface area contributed by atoms with Crippen LogP contribution in [0.5, 0.6) is 0 Å². The molecule has 174 valence electrons. The molecule has 3 heterocycles.